The van der Waals surface area contributed by atoms with Gasteiger partial charge >= 0.3 is 0 Å². The Labute approximate surface area is 231 Å². The van der Waals surface area contributed by atoms with Gasteiger partial charge in [-0.05, 0) is 35.9 Å². The van der Waals surface area contributed by atoms with E-state index in [2.05, 4.69) is 4.90 Å². The molecule has 11 heteroatoms. The van der Waals surface area contributed by atoms with Crippen LogP contribution < -0.4 is 9.64 Å². The number of carbonyl (C=O) groups is 1. The van der Waals surface area contributed by atoms with E-state index in [1.54, 1.807) is 7.11 Å². The molecular formula is C26H27Cl2N3O4S2. The summed E-state index contributed by atoms with van der Waals surface area (Å²) < 4.78 is 33.9. The number of piperazine rings is 1. The summed E-state index contributed by atoms with van der Waals surface area (Å²) in [5.74, 6) is 0.0742. The summed E-state index contributed by atoms with van der Waals surface area (Å²) in [7, 11) is -2.19. The highest BCUT2D eigenvalue weighted by Crippen LogP contribution is 2.40. The van der Waals surface area contributed by atoms with Crippen LogP contribution >= 0.6 is 34.5 Å². The van der Waals surface area contributed by atoms with Gasteiger partial charge in [0.05, 0.1) is 18.1 Å². The van der Waals surface area contributed by atoms with Crippen molar-refractivity contribution >= 4 is 56.2 Å². The van der Waals surface area contributed by atoms with Gasteiger partial charge in [0.25, 0.3) is 10.0 Å². The Bertz CT molecular complexity index is 1340. The molecule has 1 amide bonds. The van der Waals surface area contributed by atoms with Crippen molar-refractivity contribution in [1.29, 1.82) is 0 Å². The number of ether oxygens (including phenoxy) is 1. The number of carbonyl (C=O) groups excluding carboxylic acids is 1. The molecule has 0 unspecified atom stereocenters. The van der Waals surface area contributed by atoms with Crippen LogP contribution in [0.2, 0.25) is 9.36 Å². The molecule has 2 aliphatic heterocycles. The molecule has 0 radical (unpaired) electrons. The molecule has 2 fully saturated rings. The maximum atomic E-state index is 13.8. The van der Waals surface area contributed by atoms with E-state index in [9.17, 15) is 13.2 Å². The lowest BCUT2D eigenvalue weighted by Gasteiger charge is -2.38. The maximum Gasteiger partial charge on any atom is 0.252 e. The van der Waals surface area contributed by atoms with E-state index >= 15 is 0 Å². The van der Waals surface area contributed by atoms with Crippen LogP contribution in [0, 0.1) is 5.92 Å². The molecule has 5 rings (SSSR count). The Hall–Kier alpha value is -2.30. The molecular weight excluding hydrogens is 553 g/mol. The largest absolute Gasteiger partial charge is 0.497 e. The molecule has 0 saturated carbocycles. The van der Waals surface area contributed by atoms with Crippen molar-refractivity contribution in [3.8, 4) is 5.75 Å². The zero-order valence-corrected chi connectivity index (χ0v) is 23.4. The molecule has 3 heterocycles. The molecule has 37 heavy (non-hydrogen) atoms. The topological polar surface area (TPSA) is 70.2 Å². The number of halogens is 2. The first-order valence-electron chi connectivity index (χ1n) is 12.0. The fourth-order valence-electron chi connectivity index (χ4n) is 5.05. The minimum Gasteiger partial charge on any atom is -0.497 e. The second kappa shape index (κ2) is 10.8. The van der Waals surface area contributed by atoms with Crippen LogP contribution in [-0.2, 0) is 14.8 Å². The van der Waals surface area contributed by atoms with Crippen LogP contribution in [0.4, 0.5) is 5.69 Å². The highest BCUT2D eigenvalue weighted by atomic mass is 35.5. The molecule has 0 bridgehead atoms. The minimum atomic E-state index is -3.84. The summed E-state index contributed by atoms with van der Waals surface area (Å²) in [5.41, 5.74) is 2.04. The van der Waals surface area contributed by atoms with Crippen LogP contribution in [0.5, 0.6) is 5.75 Å². The summed E-state index contributed by atoms with van der Waals surface area (Å²) in [6.07, 6.45) is 0. The lowest BCUT2D eigenvalue weighted by atomic mass is 9.88. The van der Waals surface area contributed by atoms with Crippen molar-refractivity contribution in [3.63, 3.8) is 0 Å². The predicted molar refractivity (Wildman–Crippen MR) is 148 cm³/mol. The number of benzene rings is 2. The van der Waals surface area contributed by atoms with Crippen molar-refractivity contribution in [3.05, 3.63) is 75.6 Å². The van der Waals surface area contributed by atoms with Gasteiger partial charge in [0, 0.05) is 50.9 Å². The first-order chi connectivity index (χ1) is 17.8. The van der Waals surface area contributed by atoms with E-state index in [0.29, 0.717) is 26.2 Å². The number of hydrogen-bond donors (Lipinski definition) is 0. The normalized spacial score (nSPS) is 20.8. The third kappa shape index (κ3) is 5.33. The van der Waals surface area contributed by atoms with Crippen molar-refractivity contribution in [2.45, 2.75) is 10.1 Å². The number of hydrogen-bond acceptors (Lipinski definition) is 6. The van der Waals surface area contributed by atoms with Gasteiger partial charge in [-0.2, -0.15) is 4.31 Å². The molecule has 2 atom stereocenters. The standard InChI is InChI=1S/C26H27Cl2N3O4S2/c1-35-20-9-7-19(8-10-20)29-11-13-30(14-12-29)26(32)22-17-31(16-21(22)18-5-3-2-4-6-18)37(33,34)24-15-23(27)25(28)36-24/h2-10,15,21-22H,11-14,16-17H2,1H3/t21-,22+/m0/s1. The van der Waals surface area contributed by atoms with Gasteiger partial charge in [0.1, 0.15) is 14.3 Å². The van der Waals surface area contributed by atoms with Gasteiger partial charge in [0.15, 0.2) is 0 Å². The molecule has 0 N–H and O–H groups in total. The summed E-state index contributed by atoms with van der Waals surface area (Å²) in [5, 5.41) is 0.214. The van der Waals surface area contributed by atoms with E-state index in [0.717, 1.165) is 28.3 Å². The zero-order valence-electron chi connectivity index (χ0n) is 20.2. The number of anilines is 1. The van der Waals surface area contributed by atoms with Gasteiger partial charge in [-0.15, -0.1) is 11.3 Å². The third-order valence-electron chi connectivity index (χ3n) is 7.08. The lowest BCUT2D eigenvalue weighted by molar-refractivity contribution is -0.135. The number of nitrogens with zero attached hydrogens (tertiary/aromatic N) is 3. The van der Waals surface area contributed by atoms with Gasteiger partial charge in [0.2, 0.25) is 5.91 Å². The van der Waals surface area contributed by atoms with Gasteiger partial charge in [-0.25, -0.2) is 8.42 Å². The third-order valence-corrected chi connectivity index (χ3v) is 11.2. The number of rotatable bonds is 6. The fraction of sp³-hybridized carbons (Fsp3) is 0.346. The molecule has 0 spiro atoms. The molecule has 3 aromatic rings. The van der Waals surface area contributed by atoms with Crippen LogP contribution in [-0.4, -0.2) is 69.9 Å². The monoisotopic (exact) mass is 579 g/mol. The molecule has 2 aliphatic rings. The van der Waals surface area contributed by atoms with Crippen molar-refractivity contribution in [1.82, 2.24) is 9.21 Å². The molecule has 1 aromatic heterocycles. The Morgan fingerprint density at radius 1 is 0.973 bits per heavy atom. The highest BCUT2D eigenvalue weighted by Gasteiger charge is 2.45. The predicted octanol–water partition coefficient (Wildman–Crippen LogP) is 4.82. The Morgan fingerprint density at radius 3 is 2.24 bits per heavy atom. The van der Waals surface area contributed by atoms with E-state index in [4.69, 9.17) is 27.9 Å². The number of amides is 1. The van der Waals surface area contributed by atoms with Gasteiger partial charge in [-0.1, -0.05) is 53.5 Å². The van der Waals surface area contributed by atoms with E-state index in [1.165, 1.54) is 10.4 Å². The first kappa shape index (κ1) is 26.3. The minimum absolute atomic E-state index is 0.0109. The van der Waals surface area contributed by atoms with Gasteiger partial charge in [-0.3, -0.25) is 4.79 Å². The molecule has 7 nitrogen and oxygen atoms in total. The summed E-state index contributed by atoms with van der Waals surface area (Å²) >= 11 is 13.0. The fourth-order valence-corrected chi connectivity index (χ4v) is 8.57. The zero-order chi connectivity index (χ0) is 26.2. The average molecular weight is 581 g/mol. The Morgan fingerprint density at radius 2 is 1.65 bits per heavy atom. The smallest absolute Gasteiger partial charge is 0.252 e. The van der Waals surface area contributed by atoms with Crippen molar-refractivity contribution in [2.24, 2.45) is 5.92 Å². The average Bonchev–Trinajstić information content (AvgIpc) is 3.53. The summed E-state index contributed by atoms with van der Waals surface area (Å²) in [6, 6.07) is 18.9. The molecule has 2 aromatic carbocycles. The highest BCUT2D eigenvalue weighted by molar-refractivity contribution is 7.91. The number of sulfonamides is 1. The second-order valence-corrected chi connectivity index (χ2v) is 13.4. The Balaban J connectivity index is 1.34. The van der Waals surface area contributed by atoms with E-state index in [1.807, 2.05) is 59.5 Å². The van der Waals surface area contributed by atoms with Crippen molar-refractivity contribution in [2.75, 3.05) is 51.3 Å². The summed E-state index contributed by atoms with van der Waals surface area (Å²) in [4.78, 5) is 17.9. The van der Waals surface area contributed by atoms with Gasteiger partial charge < -0.3 is 14.5 Å². The quantitative estimate of drug-likeness (QED) is 0.419. The number of thiophene rings is 1. The van der Waals surface area contributed by atoms with Crippen LogP contribution in [0.25, 0.3) is 0 Å². The van der Waals surface area contributed by atoms with Crippen molar-refractivity contribution < 1.29 is 17.9 Å². The lowest BCUT2D eigenvalue weighted by Crippen LogP contribution is -2.51. The van der Waals surface area contributed by atoms with E-state index < -0.39 is 15.9 Å². The summed E-state index contributed by atoms with van der Waals surface area (Å²) in [6.45, 7) is 2.90. The molecule has 196 valence electrons. The maximum absolute atomic E-state index is 13.8. The SMILES string of the molecule is COc1ccc(N2CCN(C(=O)[C@@H]3CN(S(=O)(=O)c4cc(Cl)c(Cl)s4)C[C@H]3c3ccccc3)CC2)cc1. The van der Waals surface area contributed by atoms with Crippen LogP contribution in [0.15, 0.2) is 64.9 Å². The number of methoxy groups -OCH3 is 1. The van der Waals surface area contributed by atoms with Crippen LogP contribution in [0.3, 0.4) is 0 Å². The Kier molecular flexibility index (Phi) is 7.70. The molecule has 2 saturated heterocycles. The van der Waals surface area contributed by atoms with E-state index in [-0.39, 0.29) is 38.5 Å². The first-order valence-corrected chi connectivity index (χ1v) is 15.0. The molecule has 0 aliphatic carbocycles. The second-order valence-electron chi connectivity index (χ2n) is 9.14. The van der Waals surface area contributed by atoms with Crippen LogP contribution in [0.1, 0.15) is 11.5 Å².